The Morgan fingerprint density at radius 1 is 1.43 bits per heavy atom. The van der Waals surface area contributed by atoms with E-state index < -0.39 is 14.3 Å². The van der Waals surface area contributed by atoms with Gasteiger partial charge in [-0.1, -0.05) is 0 Å². The fourth-order valence-corrected chi connectivity index (χ4v) is 2.12. The quantitative estimate of drug-likeness (QED) is 0.544. The molecule has 43 valence electrons. The van der Waals surface area contributed by atoms with Gasteiger partial charge >= 0.3 is 50.9 Å². The third-order valence-corrected chi connectivity index (χ3v) is 6.59. The van der Waals surface area contributed by atoms with Crippen molar-refractivity contribution in [3.63, 3.8) is 0 Å². The molecule has 0 saturated heterocycles. The molecule has 0 saturated carbocycles. The molecule has 1 atom stereocenters. The van der Waals surface area contributed by atoms with Crippen molar-refractivity contribution in [2.45, 2.75) is 36.5 Å². The van der Waals surface area contributed by atoms with Gasteiger partial charge in [0, 0.05) is 0 Å². The summed E-state index contributed by atoms with van der Waals surface area (Å²) < 4.78 is 1.07. The van der Waals surface area contributed by atoms with E-state index in [4.69, 9.17) is 0 Å². The van der Waals surface area contributed by atoms with Crippen molar-refractivity contribution < 1.29 is 0 Å². The molecule has 0 N–H and O–H groups in total. The van der Waals surface area contributed by atoms with Gasteiger partial charge in [0.2, 0.25) is 0 Å². The van der Waals surface area contributed by atoms with Crippen LogP contribution in [0.5, 0.6) is 0 Å². The molecule has 0 nitrogen and oxygen atoms in total. The molecule has 0 spiro atoms. The van der Waals surface area contributed by atoms with Crippen LogP contribution in [0.1, 0.15) is 20.3 Å². The molecular formula is C6H15Ge. The van der Waals surface area contributed by atoms with Gasteiger partial charge in [-0.2, -0.15) is 0 Å². The number of hydrogen-bond donors (Lipinski definition) is 0. The van der Waals surface area contributed by atoms with Crippen molar-refractivity contribution >= 4 is 14.3 Å². The summed E-state index contributed by atoms with van der Waals surface area (Å²) in [6, 6.07) is 0. The third-order valence-electron chi connectivity index (χ3n) is 1.60. The Hall–Kier alpha value is 0.543. The van der Waals surface area contributed by atoms with Gasteiger partial charge in [-0.15, -0.1) is 0 Å². The van der Waals surface area contributed by atoms with Gasteiger partial charge in [-0.05, 0) is 0 Å². The second-order valence-corrected chi connectivity index (χ2v) is 8.98. The van der Waals surface area contributed by atoms with Crippen LogP contribution >= 0.6 is 0 Å². The summed E-state index contributed by atoms with van der Waals surface area (Å²) in [6.45, 7) is 4.65. The molecule has 0 aliphatic heterocycles. The van der Waals surface area contributed by atoms with Gasteiger partial charge < -0.3 is 0 Å². The van der Waals surface area contributed by atoms with E-state index in [1.807, 2.05) is 0 Å². The summed E-state index contributed by atoms with van der Waals surface area (Å²) in [5.74, 6) is 4.88. The Morgan fingerprint density at radius 3 is 1.86 bits per heavy atom. The summed E-state index contributed by atoms with van der Waals surface area (Å²) in [5.41, 5.74) is 0. The topological polar surface area (TPSA) is 0 Å². The minimum atomic E-state index is -0.491. The van der Waals surface area contributed by atoms with Crippen LogP contribution in [0.15, 0.2) is 0 Å². The first-order valence-electron chi connectivity index (χ1n) is 2.98. The summed E-state index contributed by atoms with van der Waals surface area (Å²) in [7, 11) is 0. The van der Waals surface area contributed by atoms with Crippen LogP contribution in [0, 0.1) is 0 Å². The minimum absolute atomic E-state index is 0.491. The first-order valence-corrected chi connectivity index (χ1v) is 8.39. The predicted octanol–water partition coefficient (Wildman–Crippen LogP) is 2.54. The van der Waals surface area contributed by atoms with Crippen molar-refractivity contribution in [2.24, 2.45) is 0 Å². The van der Waals surface area contributed by atoms with Gasteiger partial charge in [0.25, 0.3) is 0 Å². The van der Waals surface area contributed by atoms with Crippen LogP contribution in [-0.4, -0.2) is 14.3 Å². The maximum absolute atomic E-state index is 2.44. The molecule has 0 aromatic carbocycles. The molecule has 0 aromatic rings. The van der Waals surface area contributed by atoms with Crippen molar-refractivity contribution in [2.75, 3.05) is 0 Å². The fraction of sp³-hybridized carbons (Fsp3) is 1.00. The van der Waals surface area contributed by atoms with Gasteiger partial charge in [-0.3, -0.25) is 0 Å². The molecule has 1 radical (unpaired) electrons. The second-order valence-electron chi connectivity index (χ2n) is 2.39. The van der Waals surface area contributed by atoms with Gasteiger partial charge in [0.15, 0.2) is 0 Å². The molecule has 0 rings (SSSR count). The van der Waals surface area contributed by atoms with Gasteiger partial charge in [-0.25, -0.2) is 0 Å². The molecule has 0 fully saturated rings. The van der Waals surface area contributed by atoms with Crippen molar-refractivity contribution in [1.29, 1.82) is 0 Å². The number of rotatable bonds is 2. The molecule has 0 amide bonds. The Balaban J connectivity index is 3.14. The zero-order valence-electron chi connectivity index (χ0n) is 5.78. The summed E-state index contributed by atoms with van der Waals surface area (Å²) >= 11 is -0.491. The van der Waals surface area contributed by atoms with Crippen molar-refractivity contribution in [3.8, 4) is 0 Å². The van der Waals surface area contributed by atoms with Crippen LogP contribution in [0.2, 0.25) is 16.3 Å². The zero-order chi connectivity index (χ0) is 5.86. The van der Waals surface area contributed by atoms with E-state index in [0.717, 1.165) is 4.75 Å². The van der Waals surface area contributed by atoms with Crippen LogP contribution < -0.4 is 0 Å². The standard InChI is InChI=1S/C6H15Ge/c1-5-6(2)7(3)4/h6H,5H2,1-4H3. The Kier molecular flexibility index (Phi) is 3.81. The summed E-state index contributed by atoms with van der Waals surface area (Å²) in [4.78, 5) is 0. The summed E-state index contributed by atoms with van der Waals surface area (Å²) in [5, 5.41) is 0. The van der Waals surface area contributed by atoms with Gasteiger partial charge in [0.05, 0.1) is 0 Å². The first-order chi connectivity index (χ1) is 3.18. The SMILES string of the molecule is CC[CH](C)[Ge]([CH3])[CH3]. The molecule has 0 heterocycles. The predicted molar refractivity (Wildman–Crippen MR) is 37.2 cm³/mol. The van der Waals surface area contributed by atoms with E-state index in [0.29, 0.717) is 0 Å². The molecule has 1 unspecified atom stereocenters. The number of hydrogen-bond acceptors (Lipinski definition) is 0. The second kappa shape index (κ2) is 3.53. The Bertz CT molecular complexity index is 41.4. The average molecular weight is 160 g/mol. The van der Waals surface area contributed by atoms with E-state index in [1.54, 1.807) is 0 Å². The van der Waals surface area contributed by atoms with Crippen LogP contribution in [0.3, 0.4) is 0 Å². The van der Waals surface area contributed by atoms with Crippen LogP contribution in [0.25, 0.3) is 0 Å². The summed E-state index contributed by atoms with van der Waals surface area (Å²) in [6.07, 6.45) is 1.39. The van der Waals surface area contributed by atoms with E-state index in [2.05, 4.69) is 25.4 Å². The van der Waals surface area contributed by atoms with E-state index in [1.165, 1.54) is 6.42 Å². The first kappa shape index (κ1) is 7.54. The van der Waals surface area contributed by atoms with Crippen molar-refractivity contribution in [3.05, 3.63) is 0 Å². The molecule has 1 heteroatoms. The maximum atomic E-state index is 2.44. The van der Waals surface area contributed by atoms with E-state index in [9.17, 15) is 0 Å². The molecular weight excluding hydrogens is 145 g/mol. The van der Waals surface area contributed by atoms with Gasteiger partial charge in [0.1, 0.15) is 0 Å². The third kappa shape index (κ3) is 3.15. The monoisotopic (exact) mass is 161 g/mol. The Labute approximate surface area is 51.4 Å². The van der Waals surface area contributed by atoms with Crippen LogP contribution in [-0.2, 0) is 0 Å². The Morgan fingerprint density at radius 2 is 1.86 bits per heavy atom. The molecule has 7 heavy (non-hydrogen) atoms. The van der Waals surface area contributed by atoms with E-state index >= 15 is 0 Å². The molecule has 0 bridgehead atoms. The zero-order valence-corrected chi connectivity index (χ0v) is 7.88. The molecule has 0 aliphatic carbocycles. The van der Waals surface area contributed by atoms with Crippen molar-refractivity contribution in [1.82, 2.24) is 0 Å². The fourth-order valence-electron chi connectivity index (χ4n) is 0.408. The molecule has 0 aliphatic rings. The molecule has 0 aromatic heterocycles. The average Bonchev–Trinajstić information content (AvgIpc) is 1.65. The van der Waals surface area contributed by atoms with E-state index in [-0.39, 0.29) is 0 Å². The van der Waals surface area contributed by atoms with Crippen LogP contribution in [0.4, 0.5) is 0 Å². The normalized spacial score (nSPS) is 15.0.